The molecule has 2 nitrogen and oxygen atoms in total. The molecule has 4 radical (unpaired) electrons. The molecular weight excluding hydrogens is 355 g/mol. The molecule has 0 N–H and O–H groups in total. The van der Waals surface area contributed by atoms with Gasteiger partial charge in [-0.15, -0.1) is 0 Å². The summed E-state index contributed by atoms with van der Waals surface area (Å²) in [6.45, 7) is 0. The molecule has 2 aromatic carbocycles. The summed E-state index contributed by atoms with van der Waals surface area (Å²) in [7, 11) is 0. The fourth-order valence-electron chi connectivity index (χ4n) is 2.72. The summed E-state index contributed by atoms with van der Waals surface area (Å²) in [5, 5.41) is 2.23. The summed E-state index contributed by atoms with van der Waals surface area (Å²) in [6.07, 6.45) is 5.77. The van der Waals surface area contributed by atoms with Crippen LogP contribution < -0.4 is 0 Å². The molecule has 0 atom stereocenters. The fourth-order valence-corrected chi connectivity index (χ4v) is 2.72. The number of hydrogen-bond donors (Lipinski definition) is 0. The number of hydrogen-bond acceptors (Lipinski definition) is 2. The Labute approximate surface area is 136 Å². The number of esters is 1. The molecule has 3 rings (SSSR count). The maximum Gasteiger partial charge on any atom is 0.338 e. The van der Waals surface area contributed by atoms with Crippen LogP contribution in [0.15, 0.2) is 42.5 Å². The number of benzene rings is 2. The summed E-state index contributed by atoms with van der Waals surface area (Å²) in [5.41, 5.74) is 0.657. The first kappa shape index (κ1) is 15.4. The summed E-state index contributed by atoms with van der Waals surface area (Å²) >= 11 is 0. The summed E-state index contributed by atoms with van der Waals surface area (Å²) in [6, 6.07) is 13.8. The molecule has 0 bridgehead atoms. The van der Waals surface area contributed by atoms with E-state index >= 15 is 0 Å². The van der Waals surface area contributed by atoms with Crippen LogP contribution in [0.4, 0.5) is 0 Å². The van der Waals surface area contributed by atoms with Gasteiger partial charge in [-0.25, -0.2) is 4.79 Å². The molecule has 2 aromatic rings. The second-order valence-electron chi connectivity index (χ2n) is 5.23. The maximum atomic E-state index is 12.1. The van der Waals surface area contributed by atoms with Crippen molar-refractivity contribution in [3.05, 3.63) is 48.0 Å². The van der Waals surface area contributed by atoms with Gasteiger partial charge in [0.25, 0.3) is 0 Å². The molecular formula is C17H18O2Sn. The monoisotopic (exact) mass is 374 g/mol. The quantitative estimate of drug-likeness (QED) is 0.589. The van der Waals surface area contributed by atoms with Crippen molar-refractivity contribution in [1.29, 1.82) is 0 Å². The predicted octanol–water partition coefficient (Wildman–Crippen LogP) is 3.95. The molecule has 0 unspecified atom stereocenters. The number of ether oxygens (including phenoxy) is 1. The Morgan fingerprint density at radius 2 is 1.65 bits per heavy atom. The van der Waals surface area contributed by atoms with E-state index in [1.54, 1.807) is 0 Å². The number of carbonyl (C=O) groups is 1. The molecule has 1 aliphatic rings. The van der Waals surface area contributed by atoms with Crippen molar-refractivity contribution in [1.82, 2.24) is 0 Å². The average Bonchev–Trinajstić information content (AvgIpc) is 2.48. The van der Waals surface area contributed by atoms with Gasteiger partial charge in [0.2, 0.25) is 0 Å². The molecule has 20 heavy (non-hydrogen) atoms. The van der Waals surface area contributed by atoms with Gasteiger partial charge in [-0.1, -0.05) is 36.8 Å². The van der Waals surface area contributed by atoms with Gasteiger partial charge in [0, 0.05) is 23.9 Å². The van der Waals surface area contributed by atoms with Crippen molar-refractivity contribution in [2.45, 2.75) is 38.2 Å². The molecule has 3 heteroatoms. The van der Waals surface area contributed by atoms with Crippen LogP contribution in [0.3, 0.4) is 0 Å². The Hall–Kier alpha value is -1.03. The van der Waals surface area contributed by atoms with Gasteiger partial charge < -0.3 is 4.74 Å². The van der Waals surface area contributed by atoms with E-state index in [2.05, 4.69) is 0 Å². The average molecular weight is 373 g/mol. The fraction of sp³-hybridized carbons (Fsp3) is 0.353. The van der Waals surface area contributed by atoms with E-state index in [1.807, 2.05) is 42.5 Å². The first-order valence-corrected chi connectivity index (χ1v) is 7.03. The van der Waals surface area contributed by atoms with Gasteiger partial charge >= 0.3 is 5.97 Å². The molecule has 102 valence electrons. The standard InChI is InChI=1S/C17H18O2.Sn/c18-17(19-16-8-2-1-3-9-16)15-11-10-13-6-4-5-7-14(13)12-15;/h4-7,10-12,16H,1-3,8-9H2;. The van der Waals surface area contributed by atoms with Gasteiger partial charge in [-0.05, 0) is 48.6 Å². The van der Waals surface area contributed by atoms with Gasteiger partial charge in [0.05, 0.1) is 5.56 Å². The minimum absolute atomic E-state index is 0. The first-order chi connectivity index (χ1) is 9.33. The third-order valence-corrected chi connectivity index (χ3v) is 3.81. The molecule has 1 saturated carbocycles. The minimum Gasteiger partial charge on any atom is -0.459 e. The summed E-state index contributed by atoms with van der Waals surface area (Å²) in [5.74, 6) is -0.183. The zero-order valence-corrected chi connectivity index (χ0v) is 14.3. The largest absolute Gasteiger partial charge is 0.459 e. The maximum absolute atomic E-state index is 12.1. The molecule has 1 aliphatic carbocycles. The van der Waals surface area contributed by atoms with Crippen LogP contribution in [-0.4, -0.2) is 36.0 Å². The van der Waals surface area contributed by atoms with Gasteiger partial charge in [0.1, 0.15) is 6.10 Å². The number of fused-ring (bicyclic) bond motifs is 1. The predicted molar refractivity (Wildman–Crippen MR) is 82.0 cm³/mol. The van der Waals surface area contributed by atoms with E-state index in [9.17, 15) is 4.79 Å². The molecule has 0 heterocycles. The van der Waals surface area contributed by atoms with Crippen LogP contribution >= 0.6 is 0 Å². The van der Waals surface area contributed by atoms with E-state index in [-0.39, 0.29) is 36.0 Å². The second-order valence-corrected chi connectivity index (χ2v) is 5.23. The van der Waals surface area contributed by atoms with Crippen molar-refractivity contribution in [2.24, 2.45) is 0 Å². The Morgan fingerprint density at radius 3 is 2.40 bits per heavy atom. The van der Waals surface area contributed by atoms with Crippen LogP contribution in [0.25, 0.3) is 10.8 Å². The third kappa shape index (κ3) is 3.54. The van der Waals surface area contributed by atoms with E-state index in [0.29, 0.717) is 5.56 Å². The van der Waals surface area contributed by atoms with E-state index in [1.165, 1.54) is 19.3 Å². The molecule has 0 aromatic heterocycles. The van der Waals surface area contributed by atoms with Gasteiger partial charge in [-0.3, -0.25) is 0 Å². The van der Waals surface area contributed by atoms with Crippen LogP contribution in [0, 0.1) is 0 Å². The number of carbonyl (C=O) groups excluding carboxylic acids is 1. The molecule has 0 spiro atoms. The second kappa shape index (κ2) is 7.11. The molecule has 0 amide bonds. The van der Waals surface area contributed by atoms with E-state index < -0.39 is 0 Å². The summed E-state index contributed by atoms with van der Waals surface area (Å²) in [4.78, 5) is 12.1. The first-order valence-electron chi connectivity index (χ1n) is 7.03. The Kier molecular flexibility index (Phi) is 5.46. The SMILES string of the molecule is O=C(OC1CCCCC1)c1ccc2ccccc2c1.[Sn]. The van der Waals surface area contributed by atoms with Crippen molar-refractivity contribution in [2.75, 3.05) is 0 Å². The third-order valence-electron chi connectivity index (χ3n) is 3.81. The zero-order valence-electron chi connectivity index (χ0n) is 11.5. The molecule has 0 saturated heterocycles. The molecule has 0 aliphatic heterocycles. The van der Waals surface area contributed by atoms with E-state index in [4.69, 9.17) is 4.74 Å². The zero-order chi connectivity index (χ0) is 13.1. The normalized spacial score (nSPS) is 15.6. The smallest absolute Gasteiger partial charge is 0.338 e. The van der Waals surface area contributed by atoms with Crippen molar-refractivity contribution < 1.29 is 9.53 Å². The van der Waals surface area contributed by atoms with Crippen LogP contribution in [0.5, 0.6) is 0 Å². The number of rotatable bonds is 2. The van der Waals surface area contributed by atoms with Gasteiger partial charge in [0.15, 0.2) is 0 Å². The van der Waals surface area contributed by atoms with Crippen LogP contribution in [0.2, 0.25) is 0 Å². The Balaban J connectivity index is 0.00000147. The molecule has 1 fully saturated rings. The van der Waals surface area contributed by atoms with E-state index in [0.717, 1.165) is 23.6 Å². The van der Waals surface area contributed by atoms with Crippen LogP contribution in [-0.2, 0) is 4.74 Å². The van der Waals surface area contributed by atoms with Crippen molar-refractivity contribution >= 4 is 40.6 Å². The van der Waals surface area contributed by atoms with Crippen LogP contribution in [0.1, 0.15) is 42.5 Å². The van der Waals surface area contributed by atoms with Gasteiger partial charge in [-0.2, -0.15) is 0 Å². The Morgan fingerprint density at radius 1 is 0.950 bits per heavy atom. The minimum atomic E-state index is -0.183. The summed E-state index contributed by atoms with van der Waals surface area (Å²) < 4.78 is 5.59. The Bertz CT molecular complexity index is 588. The van der Waals surface area contributed by atoms with Crippen molar-refractivity contribution in [3.8, 4) is 0 Å². The van der Waals surface area contributed by atoms with Crippen molar-refractivity contribution in [3.63, 3.8) is 0 Å². The topological polar surface area (TPSA) is 26.3 Å².